The molecule has 1 atom stereocenters. The van der Waals surface area contributed by atoms with Crippen molar-refractivity contribution in [3.63, 3.8) is 0 Å². The van der Waals surface area contributed by atoms with E-state index in [9.17, 15) is 9.59 Å². The number of nitrogens with zero attached hydrogens (tertiary/aromatic N) is 2. The van der Waals surface area contributed by atoms with Crippen molar-refractivity contribution in [2.75, 3.05) is 13.1 Å². The van der Waals surface area contributed by atoms with Gasteiger partial charge in [-0.05, 0) is 84.9 Å². The first-order valence-corrected chi connectivity index (χ1v) is 12.0. The molecule has 1 aliphatic heterocycles. The number of alkyl halides is 1. The summed E-state index contributed by atoms with van der Waals surface area (Å²) >= 11 is 3.49. The summed E-state index contributed by atoms with van der Waals surface area (Å²) in [6.07, 6.45) is 6.27. The number of aryl methyl sites for hydroxylation is 1. The quantitative estimate of drug-likeness (QED) is 0.403. The predicted octanol–water partition coefficient (Wildman–Crippen LogP) is 5.79. The normalized spacial score (nSPS) is 18.2. The van der Waals surface area contributed by atoms with Gasteiger partial charge in [0.25, 0.3) is 5.91 Å². The third-order valence-corrected chi connectivity index (χ3v) is 7.62. The number of aldehydes is 1. The first-order valence-electron chi connectivity index (χ1n) is 11.0. The Morgan fingerprint density at radius 1 is 1.13 bits per heavy atom. The zero-order valence-corrected chi connectivity index (χ0v) is 19.4. The maximum atomic E-state index is 13.4. The van der Waals surface area contributed by atoms with Gasteiger partial charge >= 0.3 is 0 Å². The van der Waals surface area contributed by atoms with Gasteiger partial charge in [0.05, 0.1) is 16.5 Å². The van der Waals surface area contributed by atoms with Crippen molar-refractivity contribution >= 4 is 28.1 Å². The molecule has 1 saturated heterocycles. The molecule has 4 rings (SSSR count). The molecule has 0 N–H and O–H groups in total. The zero-order chi connectivity index (χ0) is 22.0. The minimum absolute atomic E-state index is 0.0581. The van der Waals surface area contributed by atoms with Crippen molar-refractivity contribution in [2.45, 2.75) is 55.7 Å². The number of benzene rings is 2. The summed E-state index contributed by atoms with van der Waals surface area (Å²) in [6.45, 7) is 3.44. The molecule has 2 aromatic rings. The van der Waals surface area contributed by atoms with E-state index in [4.69, 9.17) is 5.26 Å². The highest BCUT2D eigenvalue weighted by Gasteiger charge is 2.29. The van der Waals surface area contributed by atoms with Gasteiger partial charge in [-0.3, -0.25) is 4.79 Å². The summed E-state index contributed by atoms with van der Waals surface area (Å²) in [6, 6.07) is 14.0. The van der Waals surface area contributed by atoms with E-state index in [1.807, 2.05) is 42.2 Å². The predicted molar refractivity (Wildman–Crippen MR) is 125 cm³/mol. The topological polar surface area (TPSA) is 61.2 Å². The molecule has 160 valence electrons. The Labute approximate surface area is 192 Å². The second-order valence-electron chi connectivity index (χ2n) is 8.76. The highest BCUT2D eigenvalue weighted by Crippen LogP contribution is 2.42. The Morgan fingerprint density at radius 2 is 1.81 bits per heavy atom. The Kier molecular flexibility index (Phi) is 6.57. The van der Waals surface area contributed by atoms with Gasteiger partial charge in [-0.25, -0.2) is 0 Å². The Hall–Kier alpha value is -2.45. The fourth-order valence-corrected chi connectivity index (χ4v) is 5.17. The first kappa shape index (κ1) is 21.8. The number of piperidine rings is 1. The average molecular weight is 479 g/mol. The minimum Gasteiger partial charge on any atom is -0.339 e. The Morgan fingerprint density at radius 3 is 2.35 bits per heavy atom. The van der Waals surface area contributed by atoms with Gasteiger partial charge in [-0.15, -0.1) is 0 Å². The number of likely N-dealkylation sites (tertiary alicyclic amines) is 1. The lowest BCUT2D eigenvalue weighted by atomic mass is 9.76. The molecule has 1 saturated carbocycles. The van der Waals surface area contributed by atoms with Gasteiger partial charge in [0, 0.05) is 18.7 Å². The molecule has 0 spiro atoms. The summed E-state index contributed by atoms with van der Waals surface area (Å²) in [5.41, 5.74) is 5.78. The van der Waals surface area contributed by atoms with Gasteiger partial charge in [0.2, 0.25) is 0 Å². The van der Waals surface area contributed by atoms with E-state index in [-0.39, 0.29) is 10.7 Å². The van der Waals surface area contributed by atoms with Crippen LogP contribution < -0.4 is 0 Å². The summed E-state index contributed by atoms with van der Waals surface area (Å²) in [5.74, 6) is 0.972. The molecular formula is C26H27BrN2O2. The lowest BCUT2D eigenvalue weighted by molar-refractivity contribution is -0.107. The first-order chi connectivity index (χ1) is 15.0. The van der Waals surface area contributed by atoms with Crippen molar-refractivity contribution in [1.29, 1.82) is 5.26 Å². The largest absolute Gasteiger partial charge is 0.339 e. The van der Waals surface area contributed by atoms with Crippen molar-refractivity contribution in [2.24, 2.45) is 0 Å². The summed E-state index contributed by atoms with van der Waals surface area (Å²) in [4.78, 5) is 26.4. The van der Waals surface area contributed by atoms with Crippen LogP contribution in [-0.2, 0) is 4.79 Å². The highest BCUT2D eigenvalue weighted by molar-refractivity contribution is 9.09. The fraction of sp³-hybridized carbons (Fsp3) is 0.423. The summed E-state index contributed by atoms with van der Waals surface area (Å²) in [7, 11) is 0. The summed E-state index contributed by atoms with van der Waals surface area (Å²) in [5, 5.41) is 8.98. The van der Waals surface area contributed by atoms with Gasteiger partial charge in [-0.1, -0.05) is 40.5 Å². The molecular weight excluding hydrogens is 452 g/mol. The molecule has 0 radical (unpaired) electrons. The van der Waals surface area contributed by atoms with E-state index in [2.05, 4.69) is 28.1 Å². The third kappa shape index (κ3) is 4.45. The van der Waals surface area contributed by atoms with Crippen LogP contribution in [0.1, 0.15) is 86.9 Å². The van der Waals surface area contributed by atoms with E-state index < -0.39 is 0 Å². The van der Waals surface area contributed by atoms with Gasteiger partial charge in [0.1, 0.15) is 6.29 Å². The average Bonchev–Trinajstić information content (AvgIpc) is 2.77. The van der Waals surface area contributed by atoms with E-state index in [0.717, 1.165) is 43.1 Å². The smallest absolute Gasteiger partial charge is 0.254 e. The SMILES string of the molecule is Cc1cc(C2CCC2)c(C(Br)C=O)cc1C(=O)N1CCC(c2ccc(C#N)cc2)CC1. The van der Waals surface area contributed by atoms with Gasteiger partial charge in [-0.2, -0.15) is 5.26 Å². The lowest BCUT2D eigenvalue weighted by Crippen LogP contribution is -2.38. The van der Waals surface area contributed by atoms with E-state index in [0.29, 0.717) is 36.1 Å². The molecule has 1 unspecified atom stereocenters. The molecule has 2 aliphatic rings. The van der Waals surface area contributed by atoms with E-state index in [1.54, 1.807) is 0 Å². The number of rotatable bonds is 5. The molecule has 5 heteroatoms. The molecule has 4 nitrogen and oxygen atoms in total. The van der Waals surface area contributed by atoms with Crippen molar-refractivity contribution < 1.29 is 9.59 Å². The zero-order valence-electron chi connectivity index (χ0n) is 17.8. The van der Waals surface area contributed by atoms with Gasteiger partial charge < -0.3 is 9.69 Å². The maximum Gasteiger partial charge on any atom is 0.254 e. The van der Waals surface area contributed by atoms with Crippen LogP contribution in [0.3, 0.4) is 0 Å². The number of halogens is 1. The molecule has 31 heavy (non-hydrogen) atoms. The number of hydrogen-bond acceptors (Lipinski definition) is 3. The second-order valence-corrected chi connectivity index (χ2v) is 9.75. The number of nitriles is 1. The number of carbonyl (C=O) groups excluding carboxylic acids is 2. The van der Waals surface area contributed by atoms with Gasteiger partial charge in [0.15, 0.2) is 0 Å². The lowest BCUT2D eigenvalue weighted by Gasteiger charge is -2.33. The van der Waals surface area contributed by atoms with Crippen molar-refractivity contribution in [1.82, 2.24) is 4.90 Å². The molecule has 1 heterocycles. The number of carbonyl (C=O) groups is 2. The molecule has 1 amide bonds. The van der Waals surface area contributed by atoms with Crippen LogP contribution in [0, 0.1) is 18.3 Å². The van der Waals surface area contributed by atoms with E-state index >= 15 is 0 Å². The van der Waals surface area contributed by atoms with E-state index in [1.165, 1.54) is 17.5 Å². The number of hydrogen-bond donors (Lipinski definition) is 0. The third-order valence-electron chi connectivity index (χ3n) is 6.92. The maximum absolute atomic E-state index is 13.4. The molecule has 0 aromatic heterocycles. The molecule has 1 aliphatic carbocycles. The van der Waals surface area contributed by atoms with Crippen LogP contribution in [0.5, 0.6) is 0 Å². The fourth-order valence-electron chi connectivity index (χ4n) is 4.78. The van der Waals surface area contributed by atoms with Crippen LogP contribution in [0.25, 0.3) is 0 Å². The monoisotopic (exact) mass is 478 g/mol. The second kappa shape index (κ2) is 9.36. The van der Waals surface area contributed by atoms with Crippen molar-refractivity contribution in [3.8, 4) is 6.07 Å². The highest BCUT2D eigenvalue weighted by atomic mass is 79.9. The Balaban J connectivity index is 1.50. The van der Waals surface area contributed by atoms with Crippen LogP contribution >= 0.6 is 15.9 Å². The van der Waals surface area contributed by atoms with Crippen LogP contribution in [0.15, 0.2) is 36.4 Å². The number of amides is 1. The Bertz CT molecular complexity index is 1010. The minimum atomic E-state index is -0.377. The summed E-state index contributed by atoms with van der Waals surface area (Å²) < 4.78 is 0. The molecule has 2 aromatic carbocycles. The molecule has 0 bridgehead atoms. The van der Waals surface area contributed by atoms with Crippen LogP contribution in [0.4, 0.5) is 0 Å². The van der Waals surface area contributed by atoms with Crippen molar-refractivity contribution in [3.05, 3.63) is 69.8 Å². The molecule has 2 fully saturated rings. The van der Waals surface area contributed by atoms with Crippen LogP contribution in [-0.4, -0.2) is 30.2 Å². The van der Waals surface area contributed by atoms with Crippen LogP contribution in [0.2, 0.25) is 0 Å². The standard InChI is InChI=1S/C26H27BrN2O2/c1-17-13-23(21-3-2-4-21)24(25(27)16-30)14-22(17)26(31)29-11-9-20(10-12-29)19-7-5-18(15-28)6-8-19/h5-8,13-14,16,20-21,25H,2-4,9-12H2,1H3.